The van der Waals surface area contributed by atoms with E-state index < -0.39 is 0 Å². The fraction of sp³-hybridized carbons (Fsp3) is 0.692. The van der Waals surface area contributed by atoms with Gasteiger partial charge in [-0.25, -0.2) is 4.98 Å². The molecule has 0 bridgehead atoms. The highest BCUT2D eigenvalue weighted by Gasteiger charge is 2.36. The molecule has 1 aromatic heterocycles. The van der Waals surface area contributed by atoms with E-state index in [0.717, 1.165) is 35.8 Å². The third-order valence-corrected chi connectivity index (χ3v) is 4.53. The van der Waals surface area contributed by atoms with E-state index >= 15 is 0 Å². The first-order valence-electron chi connectivity index (χ1n) is 6.39. The van der Waals surface area contributed by atoms with E-state index in [1.807, 2.05) is 25.1 Å². The van der Waals surface area contributed by atoms with Crippen molar-refractivity contribution in [3.63, 3.8) is 0 Å². The summed E-state index contributed by atoms with van der Waals surface area (Å²) in [5.74, 6) is 0.259. The van der Waals surface area contributed by atoms with Gasteiger partial charge in [-0.2, -0.15) is 0 Å². The highest BCUT2D eigenvalue weighted by molar-refractivity contribution is 7.11. The molecule has 1 amide bonds. The summed E-state index contributed by atoms with van der Waals surface area (Å²) in [5, 5.41) is 4.36. The number of carbonyl (C=O) groups is 1. The molecular weight excluding hydrogens is 246 g/mol. The standard InChI is InChI=1S/C13H21N3OS/c1-10-15-8-11(18-10)9-16(3)12(17)13(2)4-6-14-7-5-13/h8,14H,4-7,9H2,1-3H3. The van der Waals surface area contributed by atoms with Crippen LogP contribution in [-0.4, -0.2) is 35.9 Å². The topological polar surface area (TPSA) is 45.2 Å². The highest BCUT2D eigenvalue weighted by Crippen LogP contribution is 2.30. The number of aromatic nitrogens is 1. The molecule has 0 atom stereocenters. The zero-order valence-corrected chi connectivity index (χ0v) is 12.1. The highest BCUT2D eigenvalue weighted by atomic mass is 32.1. The van der Waals surface area contributed by atoms with E-state index in [1.165, 1.54) is 0 Å². The summed E-state index contributed by atoms with van der Waals surface area (Å²) in [6.07, 6.45) is 3.73. The molecule has 5 heteroatoms. The molecule has 0 unspecified atom stereocenters. The largest absolute Gasteiger partial charge is 0.340 e. The average Bonchev–Trinajstić information content (AvgIpc) is 2.74. The Morgan fingerprint density at radius 3 is 2.78 bits per heavy atom. The van der Waals surface area contributed by atoms with Crippen molar-refractivity contribution >= 4 is 17.2 Å². The van der Waals surface area contributed by atoms with Gasteiger partial charge in [0.25, 0.3) is 0 Å². The van der Waals surface area contributed by atoms with Crippen LogP contribution in [0.3, 0.4) is 0 Å². The molecule has 0 saturated carbocycles. The summed E-state index contributed by atoms with van der Waals surface area (Å²) >= 11 is 1.66. The maximum atomic E-state index is 12.5. The van der Waals surface area contributed by atoms with Crippen LogP contribution in [0.2, 0.25) is 0 Å². The normalized spacial score (nSPS) is 18.6. The Morgan fingerprint density at radius 2 is 2.22 bits per heavy atom. The molecule has 1 aromatic rings. The molecule has 18 heavy (non-hydrogen) atoms. The first-order valence-corrected chi connectivity index (χ1v) is 7.20. The summed E-state index contributed by atoms with van der Waals surface area (Å²) in [6, 6.07) is 0. The van der Waals surface area contributed by atoms with E-state index in [-0.39, 0.29) is 11.3 Å². The van der Waals surface area contributed by atoms with Crippen molar-refractivity contribution in [2.45, 2.75) is 33.2 Å². The van der Waals surface area contributed by atoms with Crippen LogP contribution in [0.15, 0.2) is 6.20 Å². The number of hydrogen-bond acceptors (Lipinski definition) is 4. The predicted octanol–water partition coefficient (Wildman–Crippen LogP) is 1.80. The van der Waals surface area contributed by atoms with Crippen LogP contribution in [0.4, 0.5) is 0 Å². The van der Waals surface area contributed by atoms with Gasteiger partial charge in [0, 0.05) is 23.5 Å². The molecule has 1 saturated heterocycles. The number of aryl methyl sites for hydroxylation is 1. The Balaban J connectivity index is 1.99. The molecule has 1 N–H and O–H groups in total. The number of nitrogens with one attached hydrogen (secondary N) is 1. The van der Waals surface area contributed by atoms with Crippen LogP contribution in [0.25, 0.3) is 0 Å². The lowest BCUT2D eigenvalue weighted by atomic mass is 9.80. The van der Waals surface area contributed by atoms with Crippen LogP contribution < -0.4 is 5.32 Å². The second kappa shape index (κ2) is 5.36. The zero-order chi connectivity index (χ0) is 13.2. The van der Waals surface area contributed by atoms with Crippen molar-refractivity contribution in [1.29, 1.82) is 0 Å². The summed E-state index contributed by atoms with van der Waals surface area (Å²) < 4.78 is 0. The molecule has 0 aliphatic carbocycles. The second-order valence-electron chi connectivity index (χ2n) is 5.32. The molecule has 1 aliphatic rings. The third-order valence-electron chi connectivity index (χ3n) is 3.63. The quantitative estimate of drug-likeness (QED) is 0.908. The van der Waals surface area contributed by atoms with Gasteiger partial charge in [-0.3, -0.25) is 4.79 Å². The molecule has 0 radical (unpaired) electrons. The Kier molecular flexibility index (Phi) is 4.02. The molecule has 100 valence electrons. The lowest BCUT2D eigenvalue weighted by Gasteiger charge is -2.35. The number of rotatable bonds is 3. The van der Waals surface area contributed by atoms with Crippen LogP contribution in [0.5, 0.6) is 0 Å². The summed E-state index contributed by atoms with van der Waals surface area (Å²) in [6.45, 7) is 6.63. The molecule has 4 nitrogen and oxygen atoms in total. The lowest BCUT2D eigenvalue weighted by molar-refractivity contribution is -0.141. The van der Waals surface area contributed by atoms with Gasteiger partial charge < -0.3 is 10.2 Å². The maximum Gasteiger partial charge on any atom is 0.228 e. The monoisotopic (exact) mass is 267 g/mol. The molecule has 0 aromatic carbocycles. The fourth-order valence-corrected chi connectivity index (χ4v) is 3.29. The number of carbonyl (C=O) groups excluding carboxylic acids is 1. The Hall–Kier alpha value is -0.940. The molecule has 1 fully saturated rings. The van der Waals surface area contributed by atoms with Gasteiger partial charge in [-0.05, 0) is 32.9 Å². The first kappa shape index (κ1) is 13.5. The first-order chi connectivity index (χ1) is 8.51. The molecule has 2 rings (SSSR count). The third kappa shape index (κ3) is 2.90. The van der Waals surface area contributed by atoms with Crippen molar-refractivity contribution < 1.29 is 4.79 Å². The Morgan fingerprint density at radius 1 is 1.56 bits per heavy atom. The SMILES string of the molecule is Cc1ncc(CN(C)C(=O)C2(C)CCNCC2)s1. The van der Waals surface area contributed by atoms with Crippen LogP contribution in [-0.2, 0) is 11.3 Å². The number of amides is 1. The summed E-state index contributed by atoms with van der Waals surface area (Å²) in [7, 11) is 1.89. The molecule has 0 spiro atoms. The smallest absolute Gasteiger partial charge is 0.228 e. The summed E-state index contributed by atoms with van der Waals surface area (Å²) in [5.41, 5.74) is -0.195. The van der Waals surface area contributed by atoms with E-state index in [0.29, 0.717) is 6.54 Å². The zero-order valence-electron chi connectivity index (χ0n) is 11.3. The number of nitrogens with zero attached hydrogens (tertiary/aromatic N) is 2. The van der Waals surface area contributed by atoms with Crippen LogP contribution >= 0.6 is 11.3 Å². The molecular formula is C13H21N3OS. The van der Waals surface area contributed by atoms with Gasteiger partial charge in [0.15, 0.2) is 0 Å². The Labute approximate surface area is 112 Å². The van der Waals surface area contributed by atoms with Gasteiger partial charge in [-0.15, -0.1) is 11.3 Å². The van der Waals surface area contributed by atoms with Crippen molar-refractivity contribution in [3.8, 4) is 0 Å². The minimum Gasteiger partial charge on any atom is -0.340 e. The number of thiazole rings is 1. The van der Waals surface area contributed by atoms with Crippen molar-refractivity contribution in [2.75, 3.05) is 20.1 Å². The van der Waals surface area contributed by atoms with E-state index in [1.54, 1.807) is 11.3 Å². The van der Waals surface area contributed by atoms with Crippen molar-refractivity contribution in [3.05, 3.63) is 16.1 Å². The van der Waals surface area contributed by atoms with Crippen molar-refractivity contribution in [1.82, 2.24) is 15.2 Å². The maximum absolute atomic E-state index is 12.5. The average molecular weight is 267 g/mol. The number of piperidine rings is 1. The van der Waals surface area contributed by atoms with Gasteiger partial charge in [0.05, 0.1) is 11.6 Å². The van der Waals surface area contributed by atoms with Gasteiger partial charge in [0.2, 0.25) is 5.91 Å². The van der Waals surface area contributed by atoms with Gasteiger partial charge >= 0.3 is 0 Å². The predicted molar refractivity (Wildman–Crippen MR) is 73.5 cm³/mol. The molecule has 2 heterocycles. The minimum absolute atomic E-state index is 0.195. The van der Waals surface area contributed by atoms with E-state index in [9.17, 15) is 4.79 Å². The second-order valence-corrected chi connectivity index (χ2v) is 6.64. The lowest BCUT2D eigenvalue weighted by Crippen LogP contribution is -2.46. The minimum atomic E-state index is -0.195. The fourth-order valence-electron chi connectivity index (χ4n) is 2.44. The van der Waals surface area contributed by atoms with Crippen LogP contribution in [0.1, 0.15) is 29.7 Å². The van der Waals surface area contributed by atoms with Gasteiger partial charge in [-0.1, -0.05) is 6.92 Å². The molecule has 1 aliphatic heterocycles. The van der Waals surface area contributed by atoms with E-state index in [2.05, 4.69) is 17.2 Å². The van der Waals surface area contributed by atoms with Gasteiger partial charge in [0.1, 0.15) is 0 Å². The van der Waals surface area contributed by atoms with Crippen LogP contribution in [0, 0.1) is 12.3 Å². The number of hydrogen-bond donors (Lipinski definition) is 1. The van der Waals surface area contributed by atoms with E-state index in [4.69, 9.17) is 0 Å². The summed E-state index contributed by atoms with van der Waals surface area (Å²) in [4.78, 5) is 19.7. The van der Waals surface area contributed by atoms with Crippen molar-refractivity contribution in [2.24, 2.45) is 5.41 Å². The Bertz CT molecular complexity index is 424.